The van der Waals surface area contributed by atoms with Gasteiger partial charge in [0.05, 0.1) is 13.7 Å². The molecule has 0 N–H and O–H groups in total. The maximum absolute atomic E-state index is 13.0. The highest BCUT2D eigenvalue weighted by Crippen LogP contribution is 2.49. The van der Waals surface area contributed by atoms with E-state index in [1.807, 2.05) is 6.07 Å². The van der Waals surface area contributed by atoms with Crippen LogP contribution in [0.15, 0.2) is 54.6 Å². The lowest BCUT2D eigenvalue weighted by Crippen LogP contribution is -2.54. The summed E-state index contributed by atoms with van der Waals surface area (Å²) in [5, 5.41) is 0. The molecule has 6 nitrogen and oxygen atoms in total. The molecule has 0 saturated carbocycles. The third-order valence-corrected chi connectivity index (χ3v) is 4.99. The fraction of sp³-hybridized carbons (Fsp3) is 0.286. The lowest BCUT2D eigenvalue weighted by Gasteiger charge is -2.41. The second-order valence-corrected chi connectivity index (χ2v) is 6.25. The normalized spacial score (nSPS) is 19.4. The van der Waals surface area contributed by atoms with Crippen LogP contribution < -0.4 is 0 Å². The molecule has 0 bridgehead atoms. The van der Waals surface area contributed by atoms with E-state index in [4.69, 9.17) is 9.47 Å². The van der Waals surface area contributed by atoms with Gasteiger partial charge in [0.25, 0.3) is 5.91 Å². The third-order valence-electron chi connectivity index (χ3n) is 4.99. The van der Waals surface area contributed by atoms with E-state index < -0.39 is 23.4 Å². The number of carbonyl (C=O) groups excluding carboxylic acids is 3. The van der Waals surface area contributed by atoms with Gasteiger partial charge in [-0.25, -0.2) is 0 Å². The van der Waals surface area contributed by atoms with Crippen molar-refractivity contribution in [2.24, 2.45) is 5.92 Å². The first-order chi connectivity index (χ1) is 13.0. The van der Waals surface area contributed by atoms with Crippen molar-refractivity contribution in [3.8, 4) is 0 Å². The number of hydrogen-bond acceptors (Lipinski definition) is 5. The molecule has 27 heavy (non-hydrogen) atoms. The minimum atomic E-state index is -1.36. The van der Waals surface area contributed by atoms with Crippen LogP contribution in [0.2, 0.25) is 0 Å². The fourth-order valence-corrected chi connectivity index (χ4v) is 3.86. The number of rotatable bonds is 5. The number of hydrogen-bond donors (Lipinski definition) is 0. The van der Waals surface area contributed by atoms with E-state index in [-0.39, 0.29) is 12.5 Å². The zero-order valence-electron chi connectivity index (χ0n) is 15.5. The van der Waals surface area contributed by atoms with Gasteiger partial charge in [0, 0.05) is 12.6 Å². The van der Waals surface area contributed by atoms with E-state index in [0.717, 1.165) is 0 Å². The Morgan fingerprint density at radius 2 is 1.67 bits per heavy atom. The summed E-state index contributed by atoms with van der Waals surface area (Å²) in [5.41, 5.74) is 0.303. The molecule has 0 spiro atoms. The topological polar surface area (TPSA) is 72.9 Å². The van der Waals surface area contributed by atoms with Crippen molar-refractivity contribution in [2.75, 3.05) is 20.8 Å². The van der Waals surface area contributed by atoms with Crippen molar-refractivity contribution in [3.05, 3.63) is 71.3 Å². The SMILES string of the molecule is CCOC(=O)C(C(=O)OC)C1(c2ccccc2)c2ccccc2C(=O)N1C. The molecule has 0 fully saturated rings. The molecule has 2 unspecified atom stereocenters. The molecule has 1 amide bonds. The molecule has 3 rings (SSSR count). The van der Waals surface area contributed by atoms with Crippen LogP contribution in [0, 0.1) is 5.92 Å². The molecule has 6 heteroatoms. The van der Waals surface area contributed by atoms with Crippen molar-refractivity contribution >= 4 is 17.8 Å². The number of nitrogens with zero attached hydrogens (tertiary/aromatic N) is 1. The first kappa shape index (κ1) is 18.6. The summed E-state index contributed by atoms with van der Waals surface area (Å²) in [7, 11) is 2.81. The van der Waals surface area contributed by atoms with Crippen molar-refractivity contribution in [2.45, 2.75) is 12.5 Å². The minimum absolute atomic E-state index is 0.108. The maximum atomic E-state index is 13.0. The molecule has 140 valence electrons. The summed E-state index contributed by atoms with van der Waals surface area (Å²) in [6, 6.07) is 16.0. The van der Waals surface area contributed by atoms with Crippen molar-refractivity contribution in [1.82, 2.24) is 4.90 Å². The van der Waals surface area contributed by atoms with Gasteiger partial charge >= 0.3 is 11.9 Å². The van der Waals surface area contributed by atoms with Gasteiger partial charge in [0.1, 0.15) is 5.54 Å². The highest BCUT2D eigenvalue weighted by molar-refractivity contribution is 6.05. The molecule has 2 aromatic carbocycles. The van der Waals surface area contributed by atoms with E-state index in [1.54, 1.807) is 62.5 Å². The number of esters is 2. The number of amides is 1. The van der Waals surface area contributed by atoms with Gasteiger partial charge in [-0.15, -0.1) is 0 Å². The molecule has 1 aliphatic rings. The zero-order chi connectivity index (χ0) is 19.6. The van der Waals surface area contributed by atoms with Crippen LogP contribution in [-0.2, 0) is 24.6 Å². The molecule has 0 aliphatic carbocycles. The Bertz CT molecular complexity index is 879. The molecule has 2 aromatic rings. The Labute approximate surface area is 157 Å². The van der Waals surface area contributed by atoms with Crippen LogP contribution in [0.25, 0.3) is 0 Å². The van der Waals surface area contributed by atoms with Gasteiger partial charge in [-0.05, 0) is 24.1 Å². The largest absolute Gasteiger partial charge is 0.468 e. The lowest BCUT2D eigenvalue weighted by molar-refractivity contribution is -0.165. The predicted molar refractivity (Wildman–Crippen MR) is 97.9 cm³/mol. The number of carbonyl (C=O) groups is 3. The van der Waals surface area contributed by atoms with E-state index in [0.29, 0.717) is 16.7 Å². The van der Waals surface area contributed by atoms with Gasteiger partial charge in [-0.1, -0.05) is 48.5 Å². The van der Waals surface area contributed by atoms with Gasteiger partial charge in [0.2, 0.25) is 0 Å². The third kappa shape index (κ3) is 2.68. The van der Waals surface area contributed by atoms with Crippen LogP contribution >= 0.6 is 0 Å². The summed E-state index contributed by atoms with van der Waals surface area (Å²) in [4.78, 5) is 40.1. The van der Waals surface area contributed by atoms with Gasteiger partial charge in [-0.3, -0.25) is 14.4 Å². The Kier molecular flexibility index (Phi) is 4.99. The van der Waals surface area contributed by atoms with E-state index >= 15 is 0 Å². The molecular weight excluding hydrogens is 346 g/mol. The standard InChI is InChI=1S/C21H21NO5/c1-4-27-20(25)17(19(24)26-3)21(14-10-6-5-7-11-14)16-13-9-8-12-15(16)18(23)22(21)2/h5-13,17H,4H2,1-3H3. The molecule has 0 saturated heterocycles. The Hall–Kier alpha value is -3.15. The van der Waals surface area contributed by atoms with E-state index in [1.165, 1.54) is 12.0 Å². The molecule has 0 radical (unpaired) electrons. The molecule has 1 heterocycles. The van der Waals surface area contributed by atoms with Crippen LogP contribution in [0.4, 0.5) is 0 Å². The van der Waals surface area contributed by atoms with E-state index in [9.17, 15) is 14.4 Å². The Balaban J connectivity index is 2.38. The predicted octanol–water partition coefficient (Wildman–Crippen LogP) is 2.37. The first-order valence-corrected chi connectivity index (χ1v) is 8.67. The molecule has 1 aliphatic heterocycles. The summed E-state index contributed by atoms with van der Waals surface area (Å²) in [6.45, 7) is 1.77. The average Bonchev–Trinajstić information content (AvgIpc) is 2.92. The van der Waals surface area contributed by atoms with Crippen LogP contribution in [0.5, 0.6) is 0 Å². The van der Waals surface area contributed by atoms with Crippen molar-refractivity contribution < 1.29 is 23.9 Å². The summed E-state index contributed by atoms with van der Waals surface area (Å²) in [6.07, 6.45) is 0. The quantitative estimate of drug-likeness (QED) is 0.599. The first-order valence-electron chi connectivity index (χ1n) is 8.67. The fourth-order valence-electron chi connectivity index (χ4n) is 3.86. The average molecular weight is 367 g/mol. The second-order valence-electron chi connectivity index (χ2n) is 6.25. The smallest absolute Gasteiger partial charge is 0.323 e. The molecule has 2 atom stereocenters. The highest BCUT2D eigenvalue weighted by atomic mass is 16.5. The number of benzene rings is 2. The van der Waals surface area contributed by atoms with Gasteiger partial charge < -0.3 is 14.4 Å². The molecule has 0 aromatic heterocycles. The number of ether oxygens (including phenoxy) is 2. The monoisotopic (exact) mass is 367 g/mol. The Morgan fingerprint density at radius 1 is 1.04 bits per heavy atom. The minimum Gasteiger partial charge on any atom is -0.468 e. The maximum Gasteiger partial charge on any atom is 0.323 e. The van der Waals surface area contributed by atoms with Crippen LogP contribution in [0.3, 0.4) is 0 Å². The van der Waals surface area contributed by atoms with Crippen molar-refractivity contribution in [1.29, 1.82) is 0 Å². The Morgan fingerprint density at radius 3 is 2.30 bits per heavy atom. The molecular formula is C21H21NO5. The van der Waals surface area contributed by atoms with Crippen molar-refractivity contribution in [3.63, 3.8) is 0 Å². The van der Waals surface area contributed by atoms with Gasteiger partial charge in [-0.2, -0.15) is 0 Å². The van der Waals surface area contributed by atoms with Crippen LogP contribution in [-0.4, -0.2) is 43.5 Å². The zero-order valence-corrected chi connectivity index (χ0v) is 15.5. The summed E-state index contributed by atoms with van der Waals surface area (Å²) in [5.74, 6) is -3.12. The van der Waals surface area contributed by atoms with Crippen LogP contribution in [0.1, 0.15) is 28.4 Å². The highest BCUT2D eigenvalue weighted by Gasteiger charge is 2.60. The number of fused-ring (bicyclic) bond motifs is 1. The summed E-state index contributed by atoms with van der Waals surface area (Å²) < 4.78 is 10.2. The van der Waals surface area contributed by atoms with E-state index in [2.05, 4.69) is 0 Å². The summed E-state index contributed by atoms with van der Waals surface area (Å²) >= 11 is 0. The number of methoxy groups -OCH3 is 1. The second kappa shape index (κ2) is 7.23. The van der Waals surface area contributed by atoms with Gasteiger partial charge in [0.15, 0.2) is 5.92 Å². The lowest BCUT2D eigenvalue weighted by atomic mass is 9.72.